The minimum absolute atomic E-state index is 0.183. The maximum Gasteiger partial charge on any atom is 0.304 e. The van der Waals surface area contributed by atoms with E-state index in [-0.39, 0.29) is 6.42 Å². The Bertz CT molecular complexity index is 707. The molecule has 0 amide bonds. The van der Waals surface area contributed by atoms with Crippen molar-refractivity contribution in [3.8, 4) is 0 Å². The van der Waals surface area contributed by atoms with Crippen LogP contribution in [-0.2, 0) is 4.79 Å². The van der Waals surface area contributed by atoms with Gasteiger partial charge in [0, 0.05) is 31.3 Å². The molecule has 7 heteroatoms. The largest absolute Gasteiger partial charge is 0.481 e. The van der Waals surface area contributed by atoms with E-state index in [2.05, 4.69) is 25.2 Å². The first-order valence-electron chi connectivity index (χ1n) is 8.08. The van der Waals surface area contributed by atoms with Gasteiger partial charge in [-0.25, -0.2) is 15.0 Å². The number of aryl methyl sites for hydroxylation is 1. The smallest absolute Gasteiger partial charge is 0.304 e. The number of likely N-dealkylation sites (tertiary alicyclic amines) is 1. The second kappa shape index (κ2) is 7.35. The Labute approximate surface area is 140 Å². The van der Waals surface area contributed by atoms with Gasteiger partial charge in [-0.05, 0) is 32.0 Å². The molecule has 0 unspecified atom stereocenters. The molecule has 1 fully saturated rings. The van der Waals surface area contributed by atoms with Crippen LogP contribution in [0.5, 0.6) is 0 Å². The third-order valence-electron chi connectivity index (χ3n) is 4.11. The summed E-state index contributed by atoms with van der Waals surface area (Å²) in [5, 5.41) is 12.0. The van der Waals surface area contributed by atoms with Crippen LogP contribution < -0.4 is 5.32 Å². The summed E-state index contributed by atoms with van der Waals surface area (Å²) in [6.07, 6.45) is 2.90. The van der Waals surface area contributed by atoms with Gasteiger partial charge >= 0.3 is 5.97 Å². The highest BCUT2D eigenvalue weighted by Crippen LogP contribution is 2.27. The minimum Gasteiger partial charge on any atom is -0.481 e. The van der Waals surface area contributed by atoms with Crippen LogP contribution in [0.4, 0.5) is 11.6 Å². The van der Waals surface area contributed by atoms with Gasteiger partial charge in [0.15, 0.2) is 0 Å². The van der Waals surface area contributed by atoms with Crippen molar-refractivity contribution in [1.82, 2.24) is 19.9 Å². The summed E-state index contributed by atoms with van der Waals surface area (Å²) in [6, 6.07) is 7.64. The van der Waals surface area contributed by atoms with Crippen molar-refractivity contribution < 1.29 is 9.90 Å². The molecule has 0 aromatic carbocycles. The first-order valence-corrected chi connectivity index (χ1v) is 8.08. The van der Waals surface area contributed by atoms with Gasteiger partial charge in [-0.1, -0.05) is 6.07 Å². The molecule has 0 saturated carbocycles. The molecule has 0 aliphatic carbocycles. The molecular formula is C17H21N5O2. The molecular weight excluding hydrogens is 306 g/mol. The van der Waals surface area contributed by atoms with Crippen LogP contribution in [0, 0.1) is 6.92 Å². The fraction of sp³-hybridized carbons (Fsp3) is 0.412. The average molecular weight is 327 g/mol. The molecule has 3 rings (SSSR count). The van der Waals surface area contributed by atoms with Gasteiger partial charge in [0.05, 0.1) is 12.1 Å². The van der Waals surface area contributed by atoms with E-state index >= 15 is 0 Å². The van der Waals surface area contributed by atoms with Crippen LogP contribution in [0.1, 0.15) is 30.3 Å². The number of carboxylic acid groups (broad SMARTS) is 1. The number of aliphatic carboxylic acids is 1. The second-order valence-corrected chi connectivity index (χ2v) is 6.00. The zero-order valence-corrected chi connectivity index (χ0v) is 13.6. The number of hydrogen-bond acceptors (Lipinski definition) is 6. The van der Waals surface area contributed by atoms with Crippen molar-refractivity contribution in [1.29, 1.82) is 0 Å². The Morgan fingerprint density at radius 3 is 3.00 bits per heavy atom. The average Bonchev–Trinajstić information content (AvgIpc) is 3.02. The molecule has 2 aromatic rings. The fourth-order valence-corrected chi connectivity index (χ4v) is 2.96. The molecule has 24 heavy (non-hydrogen) atoms. The third-order valence-corrected chi connectivity index (χ3v) is 4.11. The van der Waals surface area contributed by atoms with Crippen LogP contribution in [0.25, 0.3) is 0 Å². The zero-order chi connectivity index (χ0) is 16.9. The van der Waals surface area contributed by atoms with Gasteiger partial charge in [0.25, 0.3) is 0 Å². The second-order valence-electron chi connectivity index (χ2n) is 6.00. The Hall–Kier alpha value is -2.54. The van der Waals surface area contributed by atoms with Gasteiger partial charge in [-0.3, -0.25) is 4.79 Å². The van der Waals surface area contributed by atoms with Crippen molar-refractivity contribution in [3.63, 3.8) is 0 Å². The quantitative estimate of drug-likeness (QED) is 0.840. The normalized spacial score (nSPS) is 17.8. The lowest BCUT2D eigenvalue weighted by atomic mass is 10.0. The molecule has 0 radical (unpaired) electrons. The topological polar surface area (TPSA) is 91.2 Å². The van der Waals surface area contributed by atoms with Crippen molar-refractivity contribution >= 4 is 17.6 Å². The summed E-state index contributed by atoms with van der Waals surface area (Å²) < 4.78 is 0. The van der Waals surface area contributed by atoms with Crippen molar-refractivity contribution in [3.05, 3.63) is 42.0 Å². The number of aromatic nitrogens is 3. The predicted molar refractivity (Wildman–Crippen MR) is 90.3 cm³/mol. The Kier molecular flexibility index (Phi) is 5.00. The first-order chi connectivity index (χ1) is 11.6. The van der Waals surface area contributed by atoms with Gasteiger partial charge in [0.1, 0.15) is 17.5 Å². The molecule has 1 saturated heterocycles. The number of anilines is 2. The van der Waals surface area contributed by atoms with Crippen molar-refractivity contribution in [2.24, 2.45) is 0 Å². The highest BCUT2D eigenvalue weighted by Gasteiger charge is 2.25. The molecule has 7 nitrogen and oxygen atoms in total. The summed E-state index contributed by atoms with van der Waals surface area (Å²) in [6.45, 7) is 4.22. The van der Waals surface area contributed by atoms with Gasteiger partial charge in [-0.2, -0.15) is 0 Å². The Morgan fingerprint density at radius 2 is 2.25 bits per heavy atom. The number of carboxylic acids is 1. The Balaban J connectivity index is 1.69. The number of nitrogens with one attached hydrogen (secondary N) is 1. The zero-order valence-electron chi connectivity index (χ0n) is 13.6. The van der Waals surface area contributed by atoms with E-state index in [1.807, 2.05) is 31.2 Å². The standard InChI is InChI=1S/C17H21N5O2/c1-12-19-14(13-5-8-22(11-13)9-6-17(23)24)10-16(20-12)21-15-4-2-3-7-18-15/h2-4,7,10,13H,5-6,8-9,11H2,1H3,(H,23,24)(H,18,19,20,21)/t13-/m0/s1. The van der Waals surface area contributed by atoms with Gasteiger partial charge in [-0.15, -0.1) is 0 Å². The van der Waals surface area contributed by atoms with E-state index in [0.29, 0.717) is 12.5 Å². The summed E-state index contributed by atoms with van der Waals surface area (Å²) in [4.78, 5) is 26.1. The number of pyridine rings is 1. The number of rotatable bonds is 6. The molecule has 1 atom stereocenters. The van der Waals surface area contributed by atoms with Crippen molar-refractivity contribution in [2.75, 3.05) is 25.0 Å². The Morgan fingerprint density at radius 1 is 1.38 bits per heavy atom. The predicted octanol–water partition coefficient (Wildman–Crippen LogP) is 2.19. The summed E-state index contributed by atoms with van der Waals surface area (Å²) in [7, 11) is 0. The molecule has 2 N–H and O–H groups in total. The van der Waals surface area contributed by atoms with Crippen molar-refractivity contribution in [2.45, 2.75) is 25.7 Å². The van der Waals surface area contributed by atoms with E-state index in [0.717, 1.165) is 42.7 Å². The minimum atomic E-state index is -0.752. The highest BCUT2D eigenvalue weighted by atomic mass is 16.4. The van der Waals surface area contributed by atoms with E-state index in [1.54, 1.807) is 6.20 Å². The van der Waals surface area contributed by atoms with E-state index < -0.39 is 5.97 Å². The highest BCUT2D eigenvalue weighted by molar-refractivity contribution is 5.66. The molecule has 0 spiro atoms. The fourth-order valence-electron chi connectivity index (χ4n) is 2.96. The van der Waals surface area contributed by atoms with Gasteiger partial charge in [0.2, 0.25) is 0 Å². The third kappa shape index (κ3) is 4.26. The molecule has 1 aliphatic heterocycles. The molecule has 1 aliphatic rings. The molecule has 2 aromatic heterocycles. The first kappa shape index (κ1) is 16.3. The monoisotopic (exact) mass is 327 g/mol. The van der Waals surface area contributed by atoms with E-state index in [9.17, 15) is 4.79 Å². The lowest BCUT2D eigenvalue weighted by molar-refractivity contribution is -0.137. The van der Waals surface area contributed by atoms with Crippen LogP contribution in [0.3, 0.4) is 0 Å². The van der Waals surface area contributed by atoms with Crippen LogP contribution in [0.15, 0.2) is 30.5 Å². The van der Waals surface area contributed by atoms with Gasteiger partial charge < -0.3 is 15.3 Å². The van der Waals surface area contributed by atoms with E-state index in [1.165, 1.54) is 0 Å². The maximum absolute atomic E-state index is 10.7. The summed E-state index contributed by atoms with van der Waals surface area (Å²) in [5.41, 5.74) is 0.999. The number of nitrogens with zero attached hydrogens (tertiary/aromatic N) is 4. The van der Waals surface area contributed by atoms with Crippen LogP contribution in [0.2, 0.25) is 0 Å². The molecule has 3 heterocycles. The number of carbonyl (C=O) groups is 1. The maximum atomic E-state index is 10.7. The SMILES string of the molecule is Cc1nc(Nc2ccccn2)cc([C@H]2CCN(CCC(=O)O)C2)n1. The van der Waals surface area contributed by atoms with E-state index in [4.69, 9.17) is 5.11 Å². The summed E-state index contributed by atoms with van der Waals surface area (Å²) >= 11 is 0. The lowest BCUT2D eigenvalue weighted by Crippen LogP contribution is -2.23. The summed E-state index contributed by atoms with van der Waals surface area (Å²) in [5.74, 6) is 1.76. The lowest BCUT2D eigenvalue weighted by Gasteiger charge is -2.15. The molecule has 126 valence electrons. The number of hydrogen-bond donors (Lipinski definition) is 2. The van der Waals surface area contributed by atoms with Crippen LogP contribution in [-0.4, -0.2) is 50.6 Å². The van der Waals surface area contributed by atoms with Crippen LogP contribution >= 0.6 is 0 Å². The molecule has 0 bridgehead atoms.